The van der Waals surface area contributed by atoms with Gasteiger partial charge in [0.25, 0.3) is 0 Å². The summed E-state index contributed by atoms with van der Waals surface area (Å²) in [5.41, 5.74) is -4.05. The normalized spacial score (nSPS) is 36.3. The van der Waals surface area contributed by atoms with Crippen molar-refractivity contribution in [3.63, 3.8) is 0 Å². The molecule has 0 unspecified atom stereocenters. The minimum absolute atomic E-state index is 0.246. The van der Waals surface area contributed by atoms with Crippen LogP contribution in [0.25, 0.3) is 0 Å². The van der Waals surface area contributed by atoms with Crippen molar-refractivity contribution in [1.82, 2.24) is 0 Å². The maximum absolute atomic E-state index is 13.3. The second kappa shape index (κ2) is 8.71. The summed E-state index contributed by atoms with van der Waals surface area (Å²) in [6.45, 7) is 0. The SMILES string of the molecule is O=S(OC1(CC(F)(F)F)CCC(F)CC1)OC1(CC(F)(F)F)CCC(F)CC1. The molecular weight excluding hydrogens is 424 g/mol. The molecule has 2 aliphatic carbocycles. The summed E-state index contributed by atoms with van der Waals surface area (Å²) in [4.78, 5) is 0. The molecule has 2 rings (SSSR count). The van der Waals surface area contributed by atoms with Crippen molar-refractivity contribution in [3.05, 3.63) is 0 Å². The predicted octanol–water partition coefficient (Wildman–Crippen LogP) is 5.80. The van der Waals surface area contributed by atoms with E-state index in [-0.39, 0.29) is 51.4 Å². The van der Waals surface area contributed by atoms with Crippen molar-refractivity contribution < 1.29 is 47.7 Å². The predicted molar refractivity (Wildman–Crippen MR) is 83.8 cm³/mol. The van der Waals surface area contributed by atoms with E-state index in [9.17, 15) is 39.3 Å². The second-order valence-electron chi connectivity index (χ2n) is 7.67. The minimum atomic E-state index is -4.71. The van der Waals surface area contributed by atoms with Gasteiger partial charge in [-0.1, -0.05) is 0 Å². The van der Waals surface area contributed by atoms with E-state index in [0.717, 1.165) is 0 Å². The quantitative estimate of drug-likeness (QED) is 0.484. The zero-order valence-corrected chi connectivity index (χ0v) is 15.7. The third kappa shape index (κ3) is 7.40. The highest BCUT2D eigenvalue weighted by Crippen LogP contribution is 2.45. The molecule has 3 nitrogen and oxygen atoms in total. The van der Waals surface area contributed by atoms with E-state index in [4.69, 9.17) is 8.37 Å². The number of hydrogen-bond acceptors (Lipinski definition) is 3. The Hall–Kier alpha value is -0.490. The molecule has 0 bridgehead atoms. The van der Waals surface area contributed by atoms with Crippen LogP contribution in [0.15, 0.2) is 0 Å². The molecule has 0 amide bonds. The van der Waals surface area contributed by atoms with Gasteiger partial charge in [-0.15, -0.1) is 0 Å². The van der Waals surface area contributed by atoms with Crippen molar-refractivity contribution in [2.45, 2.75) is 100 Å². The van der Waals surface area contributed by atoms with Gasteiger partial charge in [0.15, 0.2) is 0 Å². The van der Waals surface area contributed by atoms with Gasteiger partial charge in [-0.25, -0.2) is 8.78 Å². The molecule has 0 N–H and O–H groups in total. The van der Waals surface area contributed by atoms with Crippen LogP contribution in [0, 0.1) is 0 Å². The fourth-order valence-electron chi connectivity index (χ4n) is 3.83. The smallest absolute Gasteiger partial charge is 0.261 e. The van der Waals surface area contributed by atoms with Crippen LogP contribution in [0.3, 0.4) is 0 Å². The molecule has 2 fully saturated rings. The highest BCUT2D eigenvalue weighted by atomic mass is 32.2. The lowest BCUT2D eigenvalue weighted by molar-refractivity contribution is -0.185. The zero-order chi connectivity index (χ0) is 21.2. The Labute approximate surface area is 160 Å². The van der Waals surface area contributed by atoms with Crippen LogP contribution in [-0.2, 0) is 19.7 Å². The lowest BCUT2D eigenvalue weighted by Gasteiger charge is -2.40. The van der Waals surface area contributed by atoms with Gasteiger partial charge in [-0.05, 0) is 51.4 Å². The summed E-state index contributed by atoms with van der Waals surface area (Å²) >= 11 is -2.93. The molecule has 0 aliphatic heterocycles. The Morgan fingerprint density at radius 2 is 1.00 bits per heavy atom. The Bertz CT molecular complexity index is 489. The van der Waals surface area contributed by atoms with Crippen LogP contribution in [0.4, 0.5) is 35.1 Å². The van der Waals surface area contributed by atoms with Crippen molar-refractivity contribution in [2.75, 3.05) is 0 Å². The van der Waals surface area contributed by atoms with E-state index >= 15 is 0 Å². The van der Waals surface area contributed by atoms with Crippen molar-refractivity contribution in [2.24, 2.45) is 0 Å². The first kappa shape index (κ1) is 23.8. The zero-order valence-electron chi connectivity index (χ0n) is 14.9. The summed E-state index contributed by atoms with van der Waals surface area (Å²) in [5.74, 6) is 0. The van der Waals surface area contributed by atoms with Gasteiger partial charge < -0.3 is 0 Å². The average molecular weight is 446 g/mol. The number of hydrogen-bond donors (Lipinski definition) is 0. The van der Waals surface area contributed by atoms with Gasteiger partial charge in [-0.2, -0.15) is 30.6 Å². The molecule has 0 atom stereocenters. The van der Waals surface area contributed by atoms with E-state index in [1.165, 1.54) is 0 Å². The van der Waals surface area contributed by atoms with Crippen LogP contribution in [-0.4, -0.2) is 40.1 Å². The molecule has 0 aromatic heterocycles. The molecule has 0 heterocycles. The van der Waals surface area contributed by atoms with Crippen molar-refractivity contribution >= 4 is 11.4 Å². The number of rotatable bonds is 6. The first-order valence-corrected chi connectivity index (χ1v) is 9.94. The van der Waals surface area contributed by atoms with E-state index in [1.54, 1.807) is 0 Å². The molecule has 2 aliphatic rings. The number of alkyl halides is 8. The largest absolute Gasteiger partial charge is 0.391 e. The van der Waals surface area contributed by atoms with Crippen LogP contribution in [0.2, 0.25) is 0 Å². The summed E-state index contributed by atoms with van der Waals surface area (Å²) in [6.07, 6.45) is -17.6. The molecule has 166 valence electrons. The van der Waals surface area contributed by atoms with Crippen LogP contribution in [0.5, 0.6) is 0 Å². The Kier molecular flexibility index (Phi) is 7.40. The first-order chi connectivity index (χ1) is 12.7. The highest BCUT2D eigenvalue weighted by Gasteiger charge is 2.50. The summed E-state index contributed by atoms with van der Waals surface area (Å²) in [6, 6.07) is 0. The van der Waals surface area contributed by atoms with Gasteiger partial charge >= 0.3 is 23.7 Å². The summed E-state index contributed by atoms with van der Waals surface area (Å²) in [5, 5.41) is 0. The Morgan fingerprint density at radius 3 is 1.25 bits per heavy atom. The number of halogens is 8. The monoisotopic (exact) mass is 446 g/mol. The molecule has 28 heavy (non-hydrogen) atoms. The van der Waals surface area contributed by atoms with E-state index in [0.29, 0.717) is 0 Å². The third-order valence-electron chi connectivity index (χ3n) is 5.19. The van der Waals surface area contributed by atoms with Gasteiger partial charge in [0.2, 0.25) is 0 Å². The fourth-order valence-corrected chi connectivity index (χ4v) is 4.90. The maximum Gasteiger partial charge on any atom is 0.391 e. The molecule has 0 radical (unpaired) electrons. The lowest BCUT2D eigenvalue weighted by Crippen LogP contribution is -2.46. The molecule has 0 saturated heterocycles. The summed E-state index contributed by atoms with van der Waals surface area (Å²) < 4.78 is 126. The van der Waals surface area contributed by atoms with Gasteiger partial charge in [-0.3, -0.25) is 8.37 Å². The Balaban J connectivity index is 2.12. The van der Waals surface area contributed by atoms with Crippen molar-refractivity contribution in [1.29, 1.82) is 0 Å². The highest BCUT2D eigenvalue weighted by molar-refractivity contribution is 7.75. The second-order valence-corrected chi connectivity index (χ2v) is 8.41. The molecule has 0 aromatic rings. The minimum Gasteiger partial charge on any atom is -0.261 e. The van der Waals surface area contributed by atoms with Crippen LogP contribution >= 0.6 is 0 Å². The van der Waals surface area contributed by atoms with Gasteiger partial charge in [0.1, 0.15) is 12.3 Å². The molecule has 12 heteroatoms. The molecule has 0 aromatic carbocycles. The van der Waals surface area contributed by atoms with Gasteiger partial charge in [0.05, 0.1) is 24.0 Å². The van der Waals surface area contributed by atoms with Gasteiger partial charge in [0, 0.05) is 0 Å². The standard InChI is InChI=1S/C16H22F8O3S/c17-11-1-5-13(6-2-11,9-15(19,20)21)26-28(25)27-14(10-16(22,23)24)7-3-12(18)4-8-14/h11-12H,1-10H2. The lowest BCUT2D eigenvalue weighted by atomic mass is 9.81. The first-order valence-electron chi connectivity index (χ1n) is 8.94. The molecule has 2 saturated carbocycles. The van der Waals surface area contributed by atoms with E-state index in [1.807, 2.05) is 0 Å². The molecule has 0 spiro atoms. The van der Waals surface area contributed by atoms with E-state index in [2.05, 4.69) is 0 Å². The fraction of sp³-hybridized carbons (Fsp3) is 1.00. The Morgan fingerprint density at radius 1 is 0.714 bits per heavy atom. The topological polar surface area (TPSA) is 35.5 Å². The summed E-state index contributed by atoms with van der Waals surface area (Å²) in [7, 11) is 0. The van der Waals surface area contributed by atoms with Crippen molar-refractivity contribution in [3.8, 4) is 0 Å². The molecular formula is C16H22F8O3S. The maximum atomic E-state index is 13.3. The average Bonchev–Trinajstić information content (AvgIpc) is 2.50. The van der Waals surface area contributed by atoms with E-state index < -0.39 is 60.1 Å². The third-order valence-corrected chi connectivity index (χ3v) is 6.17. The van der Waals surface area contributed by atoms with Crippen LogP contribution < -0.4 is 0 Å². The van der Waals surface area contributed by atoms with Crippen LogP contribution in [0.1, 0.15) is 64.2 Å².